The van der Waals surface area contributed by atoms with Crippen molar-refractivity contribution in [1.29, 1.82) is 0 Å². The van der Waals surface area contributed by atoms with Gasteiger partial charge in [0, 0.05) is 22.6 Å². The first-order valence-electron chi connectivity index (χ1n) is 8.85. The van der Waals surface area contributed by atoms with Crippen LogP contribution in [0.4, 0.5) is 18.9 Å². The number of rotatable bonds is 4. The minimum Gasteiger partial charge on any atom is -0.334 e. The van der Waals surface area contributed by atoms with Gasteiger partial charge in [-0.2, -0.15) is 13.2 Å². The summed E-state index contributed by atoms with van der Waals surface area (Å²) in [5.74, 6) is -0.626. The number of aromatic nitrogens is 3. The quantitative estimate of drug-likeness (QED) is 0.405. The van der Waals surface area contributed by atoms with E-state index < -0.39 is 17.6 Å². The van der Waals surface area contributed by atoms with Crippen LogP contribution < -0.4 is 5.32 Å². The number of hydrogen-bond donors (Lipinski definition) is 2. The molecule has 0 fully saturated rings. The molecule has 0 radical (unpaired) electrons. The van der Waals surface area contributed by atoms with Crippen molar-refractivity contribution in [3.8, 4) is 0 Å². The summed E-state index contributed by atoms with van der Waals surface area (Å²) >= 11 is 3.09. The molecule has 0 spiro atoms. The molecule has 0 bridgehead atoms. The minimum absolute atomic E-state index is 0.0779. The van der Waals surface area contributed by atoms with E-state index in [2.05, 4.69) is 36.2 Å². The molecule has 0 unspecified atom stereocenters. The summed E-state index contributed by atoms with van der Waals surface area (Å²) < 4.78 is 39.1. The van der Waals surface area contributed by atoms with E-state index in [9.17, 15) is 18.0 Å². The fourth-order valence-corrected chi connectivity index (χ4v) is 3.53. The Morgan fingerprint density at radius 3 is 2.37 bits per heavy atom. The standard InChI is InChI=1S/C21H14BrF3N4O/c22-16-10-14(21(23,24)25)11-17-18(16)29-19(28-17)20(30)27-15-3-1-12(2-4-15)9-13-5-7-26-8-6-13/h1-8,10-11H,9H2,(H,27,30)(H,28,29). The van der Waals surface area contributed by atoms with Crippen LogP contribution in [0.1, 0.15) is 27.3 Å². The van der Waals surface area contributed by atoms with E-state index in [0.717, 1.165) is 29.7 Å². The van der Waals surface area contributed by atoms with Gasteiger partial charge in [0.2, 0.25) is 0 Å². The number of fused-ring (bicyclic) bond motifs is 1. The fraction of sp³-hybridized carbons (Fsp3) is 0.0952. The van der Waals surface area contributed by atoms with Gasteiger partial charge in [-0.05, 0) is 69.9 Å². The number of halogens is 4. The number of nitrogens with one attached hydrogen (secondary N) is 2. The topological polar surface area (TPSA) is 70.7 Å². The van der Waals surface area contributed by atoms with Gasteiger partial charge < -0.3 is 10.3 Å². The third kappa shape index (κ3) is 4.35. The van der Waals surface area contributed by atoms with Crippen LogP contribution in [-0.4, -0.2) is 20.9 Å². The highest BCUT2D eigenvalue weighted by Gasteiger charge is 2.32. The molecule has 0 saturated heterocycles. The maximum absolute atomic E-state index is 13.0. The first-order valence-corrected chi connectivity index (χ1v) is 9.64. The molecule has 30 heavy (non-hydrogen) atoms. The average Bonchev–Trinajstić information content (AvgIpc) is 3.15. The smallest absolute Gasteiger partial charge is 0.334 e. The Kier molecular flexibility index (Phi) is 5.29. The monoisotopic (exact) mass is 474 g/mol. The van der Waals surface area contributed by atoms with Crippen LogP contribution in [0.25, 0.3) is 11.0 Å². The van der Waals surface area contributed by atoms with Crippen molar-refractivity contribution in [2.75, 3.05) is 5.32 Å². The molecule has 0 aliphatic carbocycles. The van der Waals surface area contributed by atoms with E-state index in [-0.39, 0.29) is 21.3 Å². The van der Waals surface area contributed by atoms with Crippen LogP contribution in [0.2, 0.25) is 0 Å². The van der Waals surface area contributed by atoms with Gasteiger partial charge >= 0.3 is 6.18 Å². The van der Waals surface area contributed by atoms with Crippen molar-refractivity contribution >= 4 is 38.6 Å². The highest BCUT2D eigenvalue weighted by Crippen LogP contribution is 2.34. The molecule has 4 rings (SSSR count). The lowest BCUT2D eigenvalue weighted by molar-refractivity contribution is -0.137. The number of pyridine rings is 1. The van der Waals surface area contributed by atoms with E-state index in [1.807, 2.05) is 24.3 Å². The molecule has 2 aromatic heterocycles. The normalized spacial score (nSPS) is 11.6. The summed E-state index contributed by atoms with van der Waals surface area (Å²) in [6.45, 7) is 0. The van der Waals surface area contributed by atoms with Gasteiger partial charge in [-0.3, -0.25) is 9.78 Å². The van der Waals surface area contributed by atoms with Crippen LogP contribution in [0.5, 0.6) is 0 Å². The molecule has 0 aliphatic heterocycles. The first-order chi connectivity index (χ1) is 14.3. The number of amides is 1. The number of hydrogen-bond acceptors (Lipinski definition) is 3. The van der Waals surface area contributed by atoms with Gasteiger partial charge in [-0.15, -0.1) is 0 Å². The van der Waals surface area contributed by atoms with E-state index in [0.29, 0.717) is 5.69 Å². The molecule has 0 atom stereocenters. The number of alkyl halides is 3. The zero-order valence-electron chi connectivity index (χ0n) is 15.3. The zero-order chi connectivity index (χ0) is 21.3. The molecule has 152 valence electrons. The van der Waals surface area contributed by atoms with Crippen molar-refractivity contribution < 1.29 is 18.0 Å². The van der Waals surface area contributed by atoms with Crippen molar-refractivity contribution in [3.63, 3.8) is 0 Å². The fourth-order valence-electron chi connectivity index (χ4n) is 2.98. The second-order valence-corrected chi connectivity index (χ2v) is 7.48. The van der Waals surface area contributed by atoms with Gasteiger partial charge in [0.1, 0.15) is 5.52 Å². The average molecular weight is 475 g/mol. The second kappa shape index (κ2) is 7.91. The molecule has 4 aromatic rings. The second-order valence-electron chi connectivity index (χ2n) is 6.62. The van der Waals surface area contributed by atoms with E-state index >= 15 is 0 Å². The summed E-state index contributed by atoms with van der Waals surface area (Å²) in [5.41, 5.74) is 2.27. The number of anilines is 1. The molecular formula is C21H14BrF3N4O. The predicted octanol–water partition coefficient (Wildman–Crippen LogP) is 5.58. The Hall–Kier alpha value is -3.20. The van der Waals surface area contributed by atoms with Crippen molar-refractivity contribution in [3.05, 3.63) is 87.9 Å². The Balaban J connectivity index is 1.51. The van der Waals surface area contributed by atoms with Crippen LogP contribution in [0, 0.1) is 0 Å². The van der Waals surface area contributed by atoms with Gasteiger partial charge in [0.15, 0.2) is 5.82 Å². The van der Waals surface area contributed by atoms with Crippen molar-refractivity contribution in [2.24, 2.45) is 0 Å². The van der Waals surface area contributed by atoms with Gasteiger partial charge in [0.05, 0.1) is 11.1 Å². The molecule has 5 nitrogen and oxygen atoms in total. The van der Waals surface area contributed by atoms with Gasteiger partial charge in [0.25, 0.3) is 5.91 Å². The summed E-state index contributed by atoms with van der Waals surface area (Å²) in [4.78, 5) is 23.3. The molecule has 2 N–H and O–H groups in total. The summed E-state index contributed by atoms with van der Waals surface area (Å²) in [5, 5.41) is 2.69. The molecule has 1 amide bonds. The predicted molar refractivity (Wildman–Crippen MR) is 110 cm³/mol. The number of aromatic amines is 1. The van der Waals surface area contributed by atoms with Crippen LogP contribution in [-0.2, 0) is 12.6 Å². The minimum atomic E-state index is -4.50. The zero-order valence-corrected chi connectivity index (χ0v) is 16.9. The van der Waals surface area contributed by atoms with Crippen LogP contribution >= 0.6 is 15.9 Å². The highest BCUT2D eigenvalue weighted by atomic mass is 79.9. The Bertz CT molecular complexity index is 1200. The van der Waals surface area contributed by atoms with Crippen molar-refractivity contribution in [1.82, 2.24) is 15.0 Å². The Morgan fingerprint density at radius 2 is 1.70 bits per heavy atom. The third-order valence-corrected chi connectivity index (χ3v) is 5.06. The Labute approximate surface area is 177 Å². The molecule has 2 heterocycles. The number of carbonyl (C=O) groups excluding carboxylic acids is 1. The lowest BCUT2D eigenvalue weighted by Crippen LogP contribution is -2.13. The molecule has 0 aliphatic rings. The van der Waals surface area contributed by atoms with E-state index in [4.69, 9.17) is 0 Å². The molecular weight excluding hydrogens is 461 g/mol. The summed E-state index contributed by atoms with van der Waals surface area (Å²) in [6.07, 6.45) is -0.307. The number of carbonyl (C=O) groups is 1. The van der Waals surface area contributed by atoms with Crippen molar-refractivity contribution in [2.45, 2.75) is 12.6 Å². The maximum Gasteiger partial charge on any atom is 0.416 e. The van der Waals surface area contributed by atoms with Gasteiger partial charge in [-0.25, -0.2) is 4.98 Å². The third-order valence-electron chi connectivity index (χ3n) is 4.45. The van der Waals surface area contributed by atoms with Gasteiger partial charge in [-0.1, -0.05) is 12.1 Å². The van der Waals surface area contributed by atoms with Crippen LogP contribution in [0.15, 0.2) is 65.4 Å². The maximum atomic E-state index is 13.0. The Morgan fingerprint density at radius 1 is 1.03 bits per heavy atom. The highest BCUT2D eigenvalue weighted by molar-refractivity contribution is 9.10. The first kappa shape index (κ1) is 20.1. The summed E-state index contributed by atoms with van der Waals surface area (Å²) in [7, 11) is 0. The SMILES string of the molecule is O=C(Nc1ccc(Cc2ccncc2)cc1)c1nc2c(Br)cc(C(F)(F)F)cc2[nH]1. The number of imidazole rings is 1. The van der Waals surface area contributed by atoms with Crippen LogP contribution in [0.3, 0.4) is 0 Å². The van der Waals surface area contributed by atoms with E-state index in [1.54, 1.807) is 24.5 Å². The largest absolute Gasteiger partial charge is 0.416 e. The number of H-pyrrole nitrogens is 1. The summed E-state index contributed by atoms with van der Waals surface area (Å²) in [6, 6.07) is 13.0. The molecule has 0 saturated carbocycles. The van der Waals surface area contributed by atoms with E-state index in [1.165, 1.54) is 0 Å². The lowest BCUT2D eigenvalue weighted by Gasteiger charge is -2.06. The molecule has 2 aromatic carbocycles. The lowest BCUT2D eigenvalue weighted by atomic mass is 10.1. The number of nitrogens with zero attached hydrogens (tertiary/aromatic N) is 2. The molecule has 9 heteroatoms. The number of benzene rings is 2.